The molecular weight excluding hydrogens is 2120 g/mol. The quantitative estimate of drug-likeness (QED) is 0.0328. The van der Waals surface area contributed by atoms with Gasteiger partial charge in [0.05, 0.1) is 0 Å². The normalized spacial score (nSPS) is 15.4. The first-order valence-electron chi connectivity index (χ1n) is 48.9. The standard InChI is InChI=1S/C39H54O6Si7.C30H66O9Si10.C16H24O2Si3.C9H28O3Si4/c1-46(2)40-48(5,35-25-15-10-16-26-35)42-50(7,37-29-19-12-20-30-37)44-52(9,39-33-23-14-24-34-39)45-51(8,38-31-21-13-22-32-38)43-49(6,41-47(3)4)36-27-17-11-18-28-36;1-40(2)31-42(5,6)33-43(7,8)34-44(9,10)35-45(11,12)36-46(13,14)37-47(15,16)38-48(17,18)39-49(32-41(3)4,29-25-21-19-22-26-29)30-27-23-20-24-28-30;1-19(2)17-21(18-20(3)4,15-11-7-5-8-12-15)16-13-9-6-10-14-16;1-13(2)10-15(6,7)12-16(8,9)11-14(3,4)5/h10-34,46-47H,1-9H3;19-28,40-41H,1-18H3;5-14,19-20H,1-4H3;13H,1-9H3. The van der Waals surface area contributed by atoms with Gasteiger partial charge in [-0.25, -0.2) is 0 Å². The largest absolute Gasteiger partial charge is 0.440 e. The summed E-state index contributed by atoms with van der Waals surface area (Å²) < 4.78 is 137. The first-order valence-corrected chi connectivity index (χ1v) is 112. The molecular formula is C94H172O20Si24. The van der Waals surface area contributed by atoms with Gasteiger partial charge < -0.3 is 82.3 Å². The summed E-state index contributed by atoms with van der Waals surface area (Å²) in [4.78, 5) is 0. The molecule has 4 atom stereocenters. The molecule has 0 aliphatic rings. The van der Waals surface area contributed by atoms with Crippen LogP contribution in [0.4, 0.5) is 0 Å². The Bertz CT molecular complexity index is 4810. The minimum absolute atomic E-state index is 1.01. The molecule has 9 aromatic carbocycles. The lowest BCUT2D eigenvalue weighted by Gasteiger charge is -2.46. The molecule has 0 spiro atoms. The molecule has 0 aliphatic carbocycles. The van der Waals surface area contributed by atoms with E-state index in [9.17, 15) is 0 Å². The van der Waals surface area contributed by atoms with E-state index >= 15 is 0 Å². The molecule has 20 nitrogen and oxygen atoms in total. The van der Waals surface area contributed by atoms with Gasteiger partial charge in [0.15, 0.2) is 71.6 Å². The molecule has 0 aliphatic heterocycles. The molecule has 0 aromatic heterocycles. The van der Waals surface area contributed by atoms with Crippen LogP contribution in [0.3, 0.4) is 0 Å². The van der Waals surface area contributed by atoms with Gasteiger partial charge in [0.25, 0.3) is 0 Å². The fourth-order valence-electron chi connectivity index (χ4n) is 17.9. The van der Waals surface area contributed by atoms with Gasteiger partial charge in [-0.15, -0.1) is 0 Å². The maximum atomic E-state index is 7.76. The van der Waals surface area contributed by atoms with Crippen molar-refractivity contribution in [1.82, 2.24) is 0 Å². The van der Waals surface area contributed by atoms with Crippen LogP contribution in [0.25, 0.3) is 0 Å². The number of hydrogen-bond acceptors (Lipinski definition) is 20. The van der Waals surface area contributed by atoms with Crippen LogP contribution >= 0.6 is 0 Å². The van der Waals surface area contributed by atoms with E-state index in [4.69, 9.17) is 82.3 Å². The van der Waals surface area contributed by atoms with E-state index in [2.05, 4.69) is 480 Å². The van der Waals surface area contributed by atoms with Crippen molar-refractivity contribution in [2.75, 3.05) is 0 Å². The molecule has 44 heteroatoms. The summed E-state index contributed by atoms with van der Waals surface area (Å²) >= 11 is 0. The van der Waals surface area contributed by atoms with Crippen LogP contribution in [0.2, 0.25) is 262 Å². The molecule has 0 radical (unpaired) electrons. The lowest BCUT2D eigenvalue weighted by atomic mass is 10.4. The van der Waals surface area contributed by atoms with E-state index in [1.54, 1.807) is 0 Å². The molecule has 0 amide bonds. The minimum atomic E-state index is -3.41. The van der Waals surface area contributed by atoms with Gasteiger partial charge in [-0.1, -0.05) is 273 Å². The number of hydrogen-bond donors (Lipinski definition) is 0. The second kappa shape index (κ2) is 53.0. The summed E-state index contributed by atoms with van der Waals surface area (Å²) in [5.41, 5.74) is 0. The minimum Gasteiger partial charge on any atom is -0.440 e. The van der Waals surface area contributed by atoms with Gasteiger partial charge in [0, 0.05) is 0 Å². The molecule has 4 unspecified atom stereocenters. The van der Waals surface area contributed by atoms with Gasteiger partial charge >= 0.3 is 137 Å². The van der Waals surface area contributed by atoms with E-state index in [1.165, 1.54) is 10.4 Å². The van der Waals surface area contributed by atoms with Gasteiger partial charge in [0.2, 0.25) is 0 Å². The summed E-state index contributed by atoms with van der Waals surface area (Å²) in [5.74, 6) is 0. The molecule has 0 heterocycles. The average molecular weight is 2300 g/mol. The average Bonchev–Trinajstić information content (AvgIpc) is 0.756. The third-order valence-corrected chi connectivity index (χ3v) is 104. The lowest BCUT2D eigenvalue weighted by molar-refractivity contribution is 0.258. The fraction of sp³-hybridized carbons (Fsp3) is 0.426. The second-order valence-electron chi connectivity index (χ2n) is 42.5. The van der Waals surface area contributed by atoms with E-state index in [0.29, 0.717) is 0 Å². The smallest absolute Gasteiger partial charge is 0.387 e. The first kappa shape index (κ1) is 124. The van der Waals surface area contributed by atoms with Crippen molar-refractivity contribution in [1.29, 1.82) is 0 Å². The fourth-order valence-corrected chi connectivity index (χ4v) is 121. The molecule has 0 saturated carbocycles. The third-order valence-electron chi connectivity index (χ3n) is 20.2. The summed E-state index contributed by atoms with van der Waals surface area (Å²) in [7, 11) is -55.1. The predicted octanol–water partition coefficient (Wildman–Crippen LogP) is 18.7. The zero-order chi connectivity index (χ0) is 104. The Balaban J connectivity index is 0.000000311. The number of benzene rings is 9. The Kier molecular flexibility index (Phi) is 47.7. The topological polar surface area (TPSA) is 185 Å². The zero-order valence-corrected chi connectivity index (χ0v) is 116. The van der Waals surface area contributed by atoms with Crippen LogP contribution in [0.5, 0.6) is 0 Å². The highest BCUT2D eigenvalue weighted by Gasteiger charge is 2.59. The van der Waals surface area contributed by atoms with Crippen molar-refractivity contribution in [3.05, 3.63) is 273 Å². The van der Waals surface area contributed by atoms with Crippen LogP contribution in [0.1, 0.15) is 0 Å². The van der Waals surface area contributed by atoms with E-state index < -0.39 is 209 Å². The lowest BCUT2D eigenvalue weighted by Crippen LogP contribution is -2.73. The van der Waals surface area contributed by atoms with Crippen molar-refractivity contribution < 1.29 is 82.3 Å². The first-order chi connectivity index (χ1) is 63.6. The van der Waals surface area contributed by atoms with Gasteiger partial charge in [-0.3, -0.25) is 0 Å². The maximum absolute atomic E-state index is 7.76. The van der Waals surface area contributed by atoms with Crippen LogP contribution in [0, 0.1) is 0 Å². The van der Waals surface area contributed by atoms with Gasteiger partial charge in [-0.05, 0) is 309 Å². The Morgan fingerprint density at radius 2 is 0.275 bits per heavy atom. The molecule has 138 heavy (non-hydrogen) atoms. The Labute approximate surface area is 864 Å². The molecule has 0 fully saturated rings. The molecule has 9 aromatic rings. The zero-order valence-electron chi connectivity index (χ0n) is 91.2. The summed E-state index contributed by atoms with van der Waals surface area (Å²) in [6, 6.07) is 94.0. The van der Waals surface area contributed by atoms with Crippen molar-refractivity contribution in [3.8, 4) is 0 Å². The van der Waals surface area contributed by atoms with Gasteiger partial charge in [-0.2, -0.15) is 0 Å². The summed E-state index contributed by atoms with van der Waals surface area (Å²) in [6.45, 7) is 86.0. The van der Waals surface area contributed by atoms with Crippen LogP contribution in [0.15, 0.2) is 273 Å². The van der Waals surface area contributed by atoms with Crippen molar-refractivity contribution >= 4 is 255 Å². The maximum Gasteiger partial charge on any atom is 0.387 e. The number of rotatable bonds is 49. The van der Waals surface area contributed by atoms with Crippen LogP contribution in [-0.4, -0.2) is 209 Å². The summed E-state index contributed by atoms with van der Waals surface area (Å²) in [5, 5.41) is 9.85. The van der Waals surface area contributed by atoms with E-state index in [-0.39, 0.29) is 0 Å². The molecule has 764 valence electrons. The molecule has 0 N–H and O–H groups in total. The van der Waals surface area contributed by atoms with Crippen molar-refractivity contribution in [3.63, 3.8) is 0 Å². The van der Waals surface area contributed by atoms with Crippen LogP contribution < -0.4 is 46.7 Å². The molecule has 9 rings (SSSR count). The summed E-state index contributed by atoms with van der Waals surface area (Å²) in [6.07, 6.45) is 0. The monoisotopic (exact) mass is 2290 g/mol. The van der Waals surface area contributed by atoms with Crippen molar-refractivity contribution in [2.45, 2.75) is 262 Å². The highest BCUT2D eigenvalue weighted by molar-refractivity contribution is 7.05. The van der Waals surface area contributed by atoms with Crippen LogP contribution in [-0.2, 0) is 82.3 Å². The molecule has 0 bridgehead atoms. The Hall–Kier alpha value is -2.61. The highest BCUT2D eigenvalue weighted by atomic mass is 28.5. The Morgan fingerprint density at radius 3 is 0.464 bits per heavy atom. The third kappa shape index (κ3) is 41.8. The predicted molar refractivity (Wildman–Crippen MR) is 639 cm³/mol. The van der Waals surface area contributed by atoms with Gasteiger partial charge in [0.1, 0.15) is 0 Å². The molecule has 0 saturated heterocycles. The SMILES string of the molecule is C[SiH](C)O[Si](C)(C)O[Si](C)(C)O[Si](C)(C)C.C[SiH](C)O[Si](C)(C)O[Si](C)(C)O[Si](C)(C)O[Si](C)(C)O[Si](C)(C)O[Si](C)(C)O[Si](C)(C)O[Si](O[SiH](C)C)(c1ccccc1)c1ccccc1.C[SiH](C)O[Si](C)(O[Si](C)(O[Si](C)(O[Si](C)(O[Si](C)(O[SiH](C)C)c1ccccc1)c1ccccc1)c1ccccc1)c1ccccc1)c1ccccc1.C[SiH](C)O[Si](O[SiH](C)C)(c1ccccc1)c1ccccc1. The highest BCUT2D eigenvalue weighted by Crippen LogP contribution is 2.34. The van der Waals surface area contributed by atoms with E-state index in [0.717, 1.165) is 36.3 Å². The van der Waals surface area contributed by atoms with E-state index in [1.807, 2.05) is 54.6 Å². The van der Waals surface area contributed by atoms with Crippen molar-refractivity contribution in [2.24, 2.45) is 0 Å². The Morgan fingerprint density at radius 1 is 0.130 bits per heavy atom. The second-order valence-corrected chi connectivity index (χ2v) is 121.